The molecule has 0 radical (unpaired) electrons. The van der Waals surface area contributed by atoms with Crippen LogP contribution in [0.4, 0.5) is 5.69 Å². The molecule has 0 N–H and O–H groups in total. The minimum Gasteiger partial charge on any atom is -0.455 e. The molecule has 7 heteroatoms. The quantitative estimate of drug-likeness (QED) is 0.422. The third-order valence-corrected chi connectivity index (χ3v) is 3.60. The number of carbonyl (C=O) groups excluding carboxylic acids is 1. The van der Waals surface area contributed by atoms with Crippen molar-refractivity contribution in [2.24, 2.45) is 0 Å². The Balaban J connectivity index is 2.44. The Labute approximate surface area is 131 Å². The third-order valence-electron chi connectivity index (χ3n) is 2.45. The predicted molar refractivity (Wildman–Crippen MR) is 80.4 cm³/mol. The molecular formula is C13H7Br2NO4. The van der Waals surface area contributed by atoms with Crippen LogP contribution in [0.15, 0.2) is 45.3 Å². The van der Waals surface area contributed by atoms with Gasteiger partial charge in [-0.3, -0.25) is 14.9 Å². The molecule has 2 rings (SSSR count). The van der Waals surface area contributed by atoms with Gasteiger partial charge in [-0.2, -0.15) is 0 Å². The van der Waals surface area contributed by atoms with Crippen LogP contribution in [-0.4, -0.2) is 11.2 Å². The molecule has 0 aliphatic heterocycles. The number of nitro benzene ring substituents is 1. The Morgan fingerprint density at radius 3 is 2.50 bits per heavy atom. The van der Waals surface area contributed by atoms with E-state index in [1.165, 1.54) is 18.2 Å². The van der Waals surface area contributed by atoms with Crippen molar-refractivity contribution in [1.82, 2.24) is 0 Å². The first kappa shape index (κ1) is 14.7. The molecule has 0 unspecified atom stereocenters. The first-order valence-electron chi connectivity index (χ1n) is 5.38. The first-order chi connectivity index (χ1) is 9.51. The van der Waals surface area contributed by atoms with Crippen molar-refractivity contribution in [2.45, 2.75) is 0 Å². The maximum Gasteiger partial charge on any atom is 0.273 e. The van der Waals surface area contributed by atoms with Crippen LogP contribution in [-0.2, 0) is 0 Å². The smallest absolute Gasteiger partial charge is 0.273 e. The first-order valence-corrected chi connectivity index (χ1v) is 6.96. The lowest BCUT2D eigenvalue weighted by atomic mass is 10.2. The molecule has 2 aromatic rings. The predicted octanol–water partition coefficient (Wildman–Crippen LogP) is 4.72. The lowest BCUT2D eigenvalue weighted by Crippen LogP contribution is -1.93. The standard InChI is InChI=1S/C13H7Br2NO4/c14-9-2-1-8(7-17)12(5-9)20-13-6-10(16(18)19)3-4-11(13)15/h1-7H. The van der Waals surface area contributed by atoms with Crippen LogP contribution in [0.5, 0.6) is 11.5 Å². The van der Waals surface area contributed by atoms with Crippen molar-refractivity contribution in [3.63, 3.8) is 0 Å². The number of nitro groups is 1. The lowest BCUT2D eigenvalue weighted by molar-refractivity contribution is -0.384. The van der Waals surface area contributed by atoms with Crippen molar-refractivity contribution >= 4 is 43.8 Å². The molecule has 20 heavy (non-hydrogen) atoms. The second kappa shape index (κ2) is 6.15. The van der Waals surface area contributed by atoms with Crippen molar-refractivity contribution < 1.29 is 14.5 Å². The number of rotatable bonds is 4. The molecule has 0 spiro atoms. The topological polar surface area (TPSA) is 69.4 Å². The number of aldehydes is 1. The van der Waals surface area contributed by atoms with Crippen LogP contribution < -0.4 is 4.74 Å². The zero-order valence-electron chi connectivity index (χ0n) is 9.88. The number of hydrogen-bond acceptors (Lipinski definition) is 4. The minimum absolute atomic E-state index is 0.0918. The largest absolute Gasteiger partial charge is 0.455 e. The maximum atomic E-state index is 11.0. The highest BCUT2D eigenvalue weighted by molar-refractivity contribution is 9.10. The van der Waals surface area contributed by atoms with Gasteiger partial charge in [0.1, 0.15) is 11.5 Å². The Kier molecular flexibility index (Phi) is 4.51. The molecule has 2 aromatic carbocycles. The van der Waals surface area contributed by atoms with Crippen molar-refractivity contribution in [3.8, 4) is 11.5 Å². The molecule has 0 fully saturated rings. The Hall–Kier alpha value is -1.73. The molecule has 0 aliphatic rings. The Bertz CT molecular complexity index is 688. The molecule has 0 saturated heterocycles. The number of non-ortho nitro benzene ring substituents is 1. The van der Waals surface area contributed by atoms with E-state index in [-0.39, 0.29) is 11.4 Å². The third kappa shape index (κ3) is 3.23. The second-order valence-corrected chi connectivity index (χ2v) is 5.54. The molecule has 0 heterocycles. The summed E-state index contributed by atoms with van der Waals surface area (Å²) in [5.41, 5.74) is 0.262. The summed E-state index contributed by atoms with van der Waals surface area (Å²) in [5, 5.41) is 10.8. The normalized spacial score (nSPS) is 10.1. The van der Waals surface area contributed by atoms with E-state index in [0.717, 1.165) is 4.47 Å². The highest BCUT2D eigenvalue weighted by atomic mass is 79.9. The molecular weight excluding hydrogens is 394 g/mol. The summed E-state index contributed by atoms with van der Waals surface area (Å²) in [7, 11) is 0. The average Bonchev–Trinajstić information content (AvgIpc) is 2.41. The lowest BCUT2D eigenvalue weighted by Gasteiger charge is -2.10. The maximum absolute atomic E-state index is 11.0. The van der Waals surface area contributed by atoms with Crippen LogP contribution in [0.2, 0.25) is 0 Å². The molecule has 0 bridgehead atoms. The number of halogens is 2. The zero-order valence-corrected chi connectivity index (χ0v) is 13.0. The van der Waals surface area contributed by atoms with E-state index in [1.54, 1.807) is 18.2 Å². The van der Waals surface area contributed by atoms with Gasteiger partial charge in [-0.15, -0.1) is 0 Å². The van der Waals surface area contributed by atoms with Gasteiger partial charge in [-0.25, -0.2) is 0 Å². The van der Waals surface area contributed by atoms with E-state index < -0.39 is 4.92 Å². The van der Waals surface area contributed by atoms with Gasteiger partial charge in [0.15, 0.2) is 6.29 Å². The molecule has 5 nitrogen and oxygen atoms in total. The van der Waals surface area contributed by atoms with Crippen LogP contribution in [0.25, 0.3) is 0 Å². The van der Waals surface area contributed by atoms with Gasteiger partial charge in [0.2, 0.25) is 0 Å². The molecule has 0 aromatic heterocycles. The van der Waals surface area contributed by atoms with E-state index in [4.69, 9.17) is 4.74 Å². The van der Waals surface area contributed by atoms with Crippen LogP contribution in [0, 0.1) is 10.1 Å². The zero-order chi connectivity index (χ0) is 14.7. The summed E-state index contributed by atoms with van der Waals surface area (Å²) in [6.45, 7) is 0. The fourth-order valence-electron chi connectivity index (χ4n) is 1.50. The van der Waals surface area contributed by atoms with Gasteiger partial charge in [0, 0.05) is 10.5 Å². The number of ether oxygens (including phenoxy) is 1. The number of hydrogen-bond donors (Lipinski definition) is 0. The molecule has 0 amide bonds. The molecule has 102 valence electrons. The summed E-state index contributed by atoms with van der Waals surface area (Å²) >= 11 is 6.53. The van der Waals surface area contributed by atoms with Gasteiger partial charge >= 0.3 is 0 Å². The van der Waals surface area contributed by atoms with Gasteiger partial charge < -0.3 is 4.74 Å². The summed E-state index contributed by atoms with van der Waals surface area (Å²) < 4.78 is 6.88. The fraction of sp³-hybridized carbons (Fsp3) is 0. The van der Waals surface area contributed by atoms with Gasteiger partial charge in [-0.1, -0.05) is 15.9 Å². The number of benzene rings is 2. The van der Waals surface area contributed by atoms with E-state index >= 15 is 0 Å². The van der Waals surface area contributed by atoms with E-state index in [1.807, 2.05) is 0 Å². The average molecular weight is 401 g/mol. The van der Waals surface area contributed by atoms with Crippen LogP contribution in [0.1, 0.15) is 10.4 Å². The van der Waals surface area contributed by atoms with E-state index in [0.29, 0.717) is 22.1 Å². The van der Waals surface area contributed by atoms with Gasteiger partial charge in [-0.05, 0) is 40.2 Å². The summed E-state index contributed by atoms with van der Waals surface area (Å²) in [5.74, 6) is 0.580. The SMILES string of the molecule is O=Cc1ccc(Br)cc1Oc1cc([N+](=O)[O-])ccc1Br. The van der Waals surface area contributed by atoms with Crippen LogP contribution in [0.3, 0.4) is 0 Å². The number of carbonyl (C=O) groups is 1. The molecule has 0 atom stereocenters. The second-order valence-electron chi connectivity index (χ2n) is 3.77. The number of nitrogens with zero attached hydrogens (tertiary/aromatic N) is 1. The summed E-state index contributed by atoms with van der Waals surface area (Å²) in [4.78, 5) is 21.2. The summed E-state index contributed by atoms with van der Waals surface area (Å²) in [6.07, 6.45) is 0.660. The Morgan fingerprint density at radius 1 is 1.10 bits per heavy atom. The van der Waals surface area contributed by atoms with Crippen LogP contribution >= 0.6 is 31.9 Å². The molecule has 0 saturated carbocycles. The fourth-order valence-corrected chi connectivity index (χ4v) is 2.16. The van der Waals surface area contributed by atoms with Crippen molar-refractivity contribution in [1.29, 1.82) is 0 Å². The summed E-state index contributed by atoms with van der Waals surface area (Å²) in [6, 6.07) is 9.09. The van der Waals surface area contributed by atoms with Crippen molar-refractivity contribution in [2.75, 3.05) is 0 Å². The Morgan fingerprint density at radius 2 is 1.85 bits per heavy atom. The van der Waals surface area contributed by atoms with Gasteiger partial charge in [0.25, 0.3) is 5.69 Å². The van der Waals surface area contributed by atoms with Crippen molar-refractivity contribution in [3.05, 3.63) is 61.0 Å². The highest BCUT2D eigenvalue weighted by Crippen LogP contribution is 2.35. The van der Waals surface area contributed by atoms with E-state index in [9.17, 15) is 14.9 Å². The van der Waals surface area contributed by atoms with Gasteiger partial charge in [0.05, 0.1) is 21.0 Å². The molecule has 0 aliphatic carbocycles. The highest BCUT2D eigenvalue weighted by Gasteiger charge is 2.13. The van der Waals surface area contributed by atoms with E-state index in [2.05, 4.69) is 31.9 Å². The monoisotopic (exact) mass is 399 g/mol. The minimum atomic E-state index is -0.513.